The minimum atomic E-state index is -0.263. The zero-order valence-corrected chi connectivity index (χ0v) is 16.2. The maximum atomic E-state index is 13.9. The summed E-state index contributed by atoms with van der Waals surface area (Å²) in [5.41, 5.74) is 1.84. The first kappa shape index (κ1) is 19.8. The highest BCUT2D eigenvalue weighted by atomic mass is 35.5. The van der Waals surface area contributed by atoms with Crippen molar-refractivity contribution in [2.45, 2.75) is 32.2 Å². The van der Waals surface area contributed by atoms with E-state index in [2.05, 4.69) is 22.3 Å². The van der Waals surface area contributed by atoms with E-state index >= 15 is 0 Å². The van der Waals surface area contributed by atoms with E-state index in [1.807, 2.05) is 18.2 Å². The van der Waals surface area contributed by atoms with Crippen molar-refractivity contribution in [3.05, 3.63) is 70.5 Å². The van der Waals surface area contributed by atoms with Gasteiger partial charge in [0, 0.05) is 29.6 Å². The molecule has 1 aliphatic rings. The van der Waals surface area contributed by atoms with Crippen molar-refractivity contribution >= 4 is 17.5 Å². The predicted octanol–water partition coefficient (Wildman–Crippen LogP) is 4.44. The number of hydrogen-bond donors (Lipinski definition) is 1. The van der Waals surface area contributed by atoms with Crippen LogP contribution in [0.2, 0.25) is 5.02 Å². The van der Waals surface area contributed by atoms with Gasteiger partial charge in [-0.3, -0.25) is 9.69 Å². The highest BCUT2D eigenvalue weighted by Gasteiger charge is 2.25. The first-order valence-electron chi connectivity index (χ1n) is 9.60. The van der Waals surface area contributed by atoms with Gasteiger partial charge in [-0.25, -0.2) is 4.39 Å². The zero-order chi connectivity index (χ0) is 19.1. The van der Waals surface area contributed by atoms with Crippen LogP contribution in [0.3, 0.4) is 0 Å². The first-order chi connectivity index (χ1) is 13.1. The maximum absolute atomic E-state index is 13.9. The number of halogens is 2. The molecule has 1 N–H and O–H groups in total. The van der Waals surface area contributed by atoms with Crippen LogP contribution in [0.4, 0.5) is 4.39 Å². The van der Waals surface area contributed by atoms with Gasteiger partial charge < -0.3 is 5.32 Å². The Bertz CT molecular complexity index is 725. The molecule has 1 saturated heterocycles. The van der Waals surface area contributed by atoms with Crippen LogP contribution in [0.1, 0.15) is 30.4 Å². The lowest BCUT2D eigenvalue weighted by atomic mass is 9.95. The number of likely N-dealkylation sites (tertiary alicyclic amines) is 1. The van der Waals surface area contributed by atoms with Crippen LogP contribution in [0.25, 0.3) is 0 Å². The Morgan fingerprint density at radius 1 is 1.11 bits per heavy atom. The molecule has 2 aromatic carbocycles. The monoisotopic (exact) mass is 388 g/mol. The Morgan fingerprint density at radius 3 is 2.56 bits per heavy atom. The second-order valence-electron chi connectivity index (χ2n) is 7.13. The first-order valence-corrected chi connectivity index (χ1v) is 9.98. The minimum absolute atomic E-state index is 0.0501. The van der Waals surface area contributed by atoms with Crippen LogP contribution in [0.5, 0.6) is 0 Å². The van der Waals surface area contributed by atoms with Gasteiger partial charge in [0.15, 0.2) is 0 Å². The smallest absolute Gasteiger partial charge is 0.223 e. The fraction of sp³-hybridized carbons (Fsp3) is 0.409. The van der Waals surface area contributed by atoms with Gasteiger partial charge in [-0.05, 0) is 56.5 Å². The molecule has 0 atom stereocenters. The molecule has 1 aliphatic heterocycles. The second kappa shape index (κ2) is 9.86. The summed E-state index contributed by atoms with van der Waals surface area (Å²) in [6.07, 6.45) is 3.52. The highest BCUT2D eigenvalue weighted by molar-refractivity contribution is 6.31. The number of nitrogens with zero attached hydrogens (tertiary/aromatic N) is 1. The van der Waals surface area contributed by atoms with E-state index in [0.717, 1.165) is 38.8 Å². The molecular formula is C22H26ClFN2O. The van der Waals surface area contributed by atoms with Crippen LogP contribution in [0.15, 0.2) is 48.5 Å². The van der Waals surface area contributed by atoms with Gasteiger partial charge in [0.2, 0.25) is 5.91 Å². The van der Waals surface area contributed by atoms with Crippen molar-refractivity contribution in [2.75, 3.05) is 19.6 Å². The summed E-state index contributed by atoms with van der Waals surface area (Å²) in [7, 11) is 0. The van der Waals surface area contributed by atoms with Crippen LogP contribution in [-0.2, 0) is 17.8 Å². The van der Waals surface area contributed by atoms with Crippen molar-refractivity contribution in [3.8, 4) is 0 Å². The molecule has 0 bridgehead atoms. The van der Waals surface area contributed by atoms with Crippen LogP contribution >= 0.6 is 11.6 Å². The summed E-state index contributed by atoms with van der Waals surface area (Å²) in [5.74, 6) is -0.0681. The number of carbonyl (C=O) groups excluding carboxylic acids is 1. The molecular weight excluding hydrogens is 363 g/mol. The molecule has 3 nitrogen and oxygen atoms in total. The van der Waals surface area contributed by atoms with E-state index < -0.39 is 0 Å². The van der Waals surface area contributed by atoms with Crippen LogP contribution < -0.4 is 5.32 Å². The van der Waals surface area contributed by atoms with E-state index in [0.29, 0.717) is 23.7 Å². The number of amides is 1. The Balaban J connectivity index is 1.38. The van der Waals surface area contributed by atoms with Crippen molar-refractivity contribution < 1.29 is 9.18 Å². The lowest BCUT2D eigenvalue weighted by Gasteiger charge is -2.31. The van der Waals surface area contributed by atoms with Crippen molar-refractivity contribution in [1.82, 2.24) is 10.2 Å². The Labute approximate surface area is 165 Å². The summed E-state index contributed by atoms with van der Waals surface area (Å²) >= 11 is 6.11. The van der Waals surface area contributed by atoms with Gasteiger partial charge in [0.1, 0.15) is 5.82 Å². The zero-order valence-electron chi connectivity index (χ0n) is 15.5. The van der Waals surface area contributed by atoms with Gasteiger partial charge in [0.05, 0.1) is 0 Å². The van der Waals surface area contributed by atoms with Gasteiger partial charge in [-0.15, -0.1) is 0 Å². The number of aryl methyl sites for hydroxylation is 1. The standard InChI is InChI=1S/C22H26ClFN2O/c23-20-9-4-10-21(24)19(20)16-26-14-11-18(12-15-26)22(27)25-13-5-8-17-6-2-1-3-7-17/h1-4,6-7,9-10,18H,5,8,11-16H2,(H,25,27). The normalized spacial score (nSPS) is 15.6. The van der Waals surface area contributed by atoms with Crippen molar-refractivity contribution in [1.29, 1.82) is 0 Å². The molecule has 0 unspecified atom stereocenters. The van der Waals surface area contributed by atoms with Crippen molar-refractivity contribution in [3.63, 3.8) is 0 Å². The average molecular weight is 389 g/mol. The molecule has 3 rings (SSSR count). The number of piperidine rings is 1. The quantitative estimate of drug-likeness (QED) is 0.711. The summed E-state index contributed by atoms with van der Waals surface area (Å²) in [5, 5.41) is 3.53. The SMILES string of the molecule is O=C(NCCCc1ccccc1)C1CCN(Cc2c(F)cccc2Cl)CC1. The number of benzene rings is 2. The lowest BCUT2D eigenvalue weighted by molar-refractivity contribution is -0.126. The fourth-order valence-electron chi connectivity index (χ4n) is 3.55. The predicted molar refractivity (Wildman–Crippen MR) is 107 cm³/mol. The summed E-state index contributed by atoms with van der Waals surface area (Å²) < 4.78 is 13.9. The van der Waals surface area contributed by atoms with E-state index in [-0.39, 0.29) is 17.6 Å². The molecule has 1 amide bonds. The van der Waals surface area contributed by atoms with Gasteiger partial charge in [-0.2, -0.15) is 0 Å². The number of rotatable bonds is 7. The summed E-state index contributed by atoms with van der Waals surface area (Å²) in [4.78, 5) is 14.5. The third-order valence-electron chi connectivity index (χ3n) is 5.19. The van der Waals surface area contributed by atoms with Gasteiger partial charge >= 0.3 is 0 Å². The van der Waals surface area contributed by atoms with Crippen LogP contribution in [-0.4, -0.2) is 30.4 Å². The van der Waals surface area contributed by atoms with E-state index in [4.69, 9.17) is 11.6 Å². The summed E-state index contributed by atoms with van der Waals surface area (Å²) in [6, 6.07) is 15.1. The topological polar surface area (TPSA) is 32.3 Å². The molecule has 2 aromatic rings. The molecule has 144 valence electrons. The maximum Gasteiger partial charge on any atom is 0.223 e. The number of hydrogen-bond acceptors (Lipinski definition) is 2. The second-order valence-corrected chi connectivity index (χ2v) is 7.54. The Hall–Kier alpha value is -1.91. The fourth-order valence-corrected chi connectivity index (χ4v) is 3.78. The van der Waals surface area contributed by atoms with Crippen LogP contribution in [0, 0.1) is 11.7 Å². The van der Waals surface area contributed by atoms with Gasteiger partial charge in [0.25, 0.3) is 0 Å². The molecule has 0 saturated carbocycles. The molecule has 0 aromatic heterocycles. The highest BCUT2D eigenvalue weighted by Crippen LogP contribution is 2.24. The minimum Gasteiger partial charge on any atom is -0.356 e. The van der Waals surface area contributed by atoms with Gasteiger partial charge in [-0.1, -0.05) is 48.0 Å². The van der Waals surface area contributed by atoms with E-state index in [1.165, 1.54) is 11.6 Å². The average Bonchev–Trinajstić information content (AvgIpc) is 2.69. The molecule has 0 aliphatic carbocycles. The molecule has 0 spiro atoms. The molecule has 1 heterocycles. The Kier molecular flexibility index (Phi) is 7.25. The number of carbonyl (C=O) groups is 1. The van der Waals surface area contributed by atoms with E-state index in [9.17, 15) is 9.18 Å². The molecule has 27 heavy (non-hydrogen) atoms. The van der Waals surface area contributed by atoms with E-state index in [1.54, 1.807) is 12.1 Å². The molecule has 1 fully saturated rings. The molecule has 0 radical (unpaired) electrons. The lowest BCUT2D eigenvalue weighted by Crippen LogP contribution is -2.40. The van der Waals surface area contributed by atoms with Crippen molar-refractivity contribution in [2.24, 2.45) is 5.92 Å². The summed E-state index contributed by atoms with van der Waals surface area (Å²) in [6.45, 7) is 2.77. The number of nitrogens with one attached hydrogen (secondary N) is 1. The Morgan fingerprint density at radius 2 is 1.85 bits per heavy atom. The molecule has 5 heteroatoms. The third kappa shape index (κ3) is 5.78. The largest absolute Gasteiger partial charge is 0.356 e. The third-order valence-corrected chi connectivity index (χ3v) is 5.54.